The Hall–Kier alpha value is -2.36. The largest absolute Gasteiger partial charge is 0.481 e. The maximum atomic E-state index is 12.7. The number of rotatable bonds is 4. The van der Waals surface area contributed by atoms with E-state index in [-0.39, 0.29) is 11.7 Å². The highest BCUT2D eigenvalue weighted by Crippen LogP contribution is 2.14. The van der Waals surface area contributed by atoms with Gasteiger partial charge in [0.1, 0.15) is 11.6 Å². The van der Waals surface area contributed by atoms with Crippen LogP contribution in [0.4, 0.5) is 10.1 Å². The molecule has 0 aliphatic heterocycles. The van der Waals surface area contributed by atoms with Crippen LogP contribution >= 0.6 is 0 Å². The Kier molecular flexibility index (Phi) is 4.13. The van der Waals surface area contributed by atoms with Crippen molar-refractivity contribution < 1.29 is 13.9 Å². The zero-order valence-corrected chi connectivity index (χ0v) is 10.5. The van der Waals surface area contributed by atoms with Crippen molar-refractivity contribution in [1.82, 2.24) is 0 Å². The molecule has 0 radical (unpaired) electrons. The van der Waals surface area contributed by atoms with Crippen LogP contribution in [0.5, 0.6) is 5.75 Å². The van der Waals surface area contributed by atoms with Crippen LogP contribution < -0.4 is 10.1 Å². The lowest BCUT2D eigenvalue weighted by Crippen LogP contribution is -2.30. The minimum Gasteiger partial charge on any atom is -0.481 e. The van der Waals surface area contributed by atoms with Crippen molar-refractivity contribution in [1.29, 1.82) is 0 Å². The van der Waals surface area contributed by atoms with Crippen LogP contribution in [-0.4, -0.2) is 12.0 Å². The van der Waals surface area contributed by atoms with E-state index in [1.807, 2.05) is 18.2 Å². The molecule has 2 aromatic carbocycles. The van der Waals surface area contributed by atoms with E-state index in [1.54, 1.807) is 19.1 Å². The Bertz CT molecular complexity index is 540. The number of hydrogen-bond acceptors (Lipinski definition) is 2. The molecule has 2 rings (SSSR count). The first kappa shape index (κ1) is 13.1. The van der Waals surface area contributed by atoms with Gasteiger partial charge in [0.25, 0.3) is 5.91 Å². The van der Waals surface area contributed by atoms with E-state index in [9.17, 15) is 9.18 Å². The van der Waals surface area contributed by atoms with Gasteiger partial charge in [0.15, 0.2) is 6.10 Å². The summed E-state index contributed by atoms with van der Waals surface area (Å²) in [6.45, 7) is 1.64. The number of benzene rings is 2. The van der Waals surface area contributed by atoms with Gasteiger partial charge >= 0.3 is 0 Å². The number of para-hydroxylation sites is 1. The van der Waals surface area contributed by atoms with E-state index in [4.69, 9.17) is 4.74 Å². The predicted octanol–water partition coefficient (Wildman–Crippen LogP) is 3.23. The number of nitrogens with one attached hydrogen (secondary N) is 1. The van der Waals surface area contributed by atoms with Crippen molar-refractivity contribution in [3.8, 4) is 5.75 Å². The van der Waals surface area contributed by atoms with Gasteiger partial charge in [-0.25, -0.2) is 4.39 Å². The van der Waals surface area contributed by atoms with Crippen molar-refractivity contribution in [2.45, 2.75) is 13.0 Å². The third-order valence-electron chi connectivity index (χ3n) is 2.54. The molecule has 1 N–H and O–H groups in total. The number of hydrogen-bond donors (Lipinski definition) is 1. The number of halogens is 1. The minimum atomic E-state index is -0.661. The monoisotopic (exact) mass is 259 g/mol. The van der Waals surface area contributed by atoms with Gasteiger partial charge in [-0.1, -0.05) is 18.2 Å². The number of carbonyl (C=O) groups excluding carboxylic acids is 1. The molecule has 0 bridgehead atoms. The molecule has 19 heavy (non-hydrogen) atoms. The van der Waals surface area contributed by atoms with E-state index in [2.05, 4.69) is 5.32 Å². The third kappa shape index (κ3) is 3.81. The maximum Gasteiger partial charge on any atom is 0.265 e. The molecule has 1 atom stereocenters. The van der Waals surface area contributed by atoms with E-state index < -0.39 is 6.10 Å². The molecular weight excluding hydrogens is 245 g/mol. The zero-order valence-electron chi connectivity index (χ0n) is 10.5. The van der Waals surface area contributed by atoms with Gasteiger partial charge in [-0.05, 0) is 43.3 Å². The molecule has 98 valence electrons. The topological polar surface area (TPSA) is 38.3 Å². The standard InChI is InChI=1S/C15H14FNO2/c1-11(19-14-9-7-12(16)8-10-14)15(18)17-13-5-3-2-4-6-13/h2-11H,1H3,(H,17,18). The average molecular weight is 259 g/mol. The average Bonchev–Trinajstić information content (AvgIpc) is 2.42. The summed E-state index contributed by atoms with van der Waals surface area (Å²) in [5.74, 6) is -0.138. The highest BCUT2D eigenvalue weighted by Gasteiger charge is 2.14. The SMILES string of the molecule is CC(Oc1ccc(F)cc1)C(=O)Nc1ccccc1. The second-order valence-electron chi connectivity index (χ2n) is 4.07. The van der Waals surface area contributed by atoms with Gasteiger partial charge in [-0.3, -0.25) is 4.79 Å². The Morgan fingerprint density at radius 3 is 2.37 bits per heavy atom. The molecule has 4 heteroatoms. The Morgan fingerprint density at radius 2 is 1.74 bits per heavy atom. The first-order chi connectivity index (χ1) is 9.15. The Morgan fingerprint density at radius 1 is 1.11 bits per heavy atom. The first-order valence-corrected chi connectivity index (χ1v) is 5.93. The lowest BCUT2D eigenvalue weighted by Gasteiger charge is -2.14. The second kappa shape index (κ2) is 6.00. The van der Waals surface area contributed by atoms with Crippen molar-refractivity contribution >= 4 is 11.6 Å². The highest BCUT2D eigenvalue weighted by atomic mass is 19.1. The van der Waals surface area contributed by atoms with E-state index >= 15 is 0 Å². The summed E-state index contributed by atoms with van der Waals surface area (Å²) >= 11 is 0. The number of amides is 1. The van der Waals surface area contributed by atoms with Crippen LogP contribution in [0, 0.1) is 5.82 Å². The molecule has 0 saturated carbocycles. The molecule has 0 aromatic heterocycles. The lowest BCUT2D eigenvalue weighted by molar-refractivity contribution is -0.122. The van der Waals surface area contributed by atoms with Gasteiger partial charge < -0.3 is 10.1 Å². The number of anilines is 1. The first-order valence-electron chi connectivity index (χ1n) is 5.93. The summed E-state index contributed by atoms with van der Waals surface area (Å²) in [7, 11) is 0. The lowest BCUT2D eigenvalue weighted by atomic mass is 10.3. The number of ether oxygens (including phenoxy) is 1. The van der Waals surface area contributed by atoms with Gasteiger partial charge in [0.2, 0.25) is 0 Å². The molecule has 0 saturated heterocycles. The fraction of sp³-hybridized carbons (Fsp3) is 0.133. The van der Waals surface area contributed by atoms with Gasteiger partial charge in [-0.2, -0.15) is 0 Å². The smallest absolute Gasteiger partial charge is 0.265 e. The molecule has 1 unspecified atom stereocenters. The molecule has 0 spiro atoms. The molecule has 3 nitrogen and oxygen atoms in total. The van der Waals surface area contributed by atoms with Crippen LogP contribution in [0.25, 0.3) is 0 Å². The fourth-order valence-electron chi connectivity index (χ4n) is 1.54. The van der Waals surface area contributed by atoms with Crippen molar-refractivity contribution in [2.75, 3.05) is 5.32 Å². The van der Waals surface area contributed by atoms with Crippen LogP contribution in [-0.2, 0) is 4.79 Å². The summed E-state index contributed by atoms with van der Waals surface area (Å²) in [5.41, 5.74) is 0.710. The molecule has 2 aromatic rings. The second-order valence-corrected chi connectivity index (χ2v) is 4.07. The van der Waals surface area contributed by atoms with Crippen molar-refractivity contribution in [3.05, 3.63) is 60.4 Å². The molecule has 0 heterocycles. The Balaban J connectivity index is 1.94. The van der Waals surface area contributed by atoms with Gasteiger partial charge in [0, 0.05) is 5.69 Å². The third-order valence-corrected chi connectivity index (χ3v) is 2.54. The van der Waals surface area contributed by atoms with Crippen LogP contribution in [0.2, 0.25) is 0 Å². The van der Waals surface area contributed by atoms with Crippen LogP contribution in [0.3, 0.4) is 0 Å². The van der Waals surface area contributed by atoms with E-state index in [0.29, 0.717) is 11.4 Å². The van der Waals surface area contributed by atoms with Crippen molar-refractivity contribution in [2.24, 2.45) is 0 Å². The summed E-state index contributed by atoms with van der Waals surface area (Å²) in [6.07, 6.45) is -0.661. The van der Waals surface area contributed by atoms with Crippen LogP contribution in [0.1, 0.15) is 6.92 Å². The van der Waals surface area contributed by atoms with Crippen LogP contribution in [0.15, 0.2) is 54.6 Å². The van der Waals surface area contributed by atoms with E-state index in [1.165, 1.54) is 24.3 Å². The normalized spacial score (nSPS) is 11.7. The molecule has 0 aliphatic rings. The maximum absolute atomic E-state index is 12.7. The Labute approximate surface area is 111 Å². The highest BCUT2D eigenvalue weighted by molar-refractivity contribution is 5.94. The minimum absolute atomic E-state index is 0.254. The predicted molar refractivity (Wildman–Crippen MR) is 71.6 cm³/mol. The van der Waals surface area contributed by atoms with E-state index in [0.717, 1.165) is 0 Å². The molecule has 1 amide bonds. The summed E-state index contributed by atoms with van der Waals surface area (Å²) in [4.78, 5) is 11.9. The molecule has 0 aliphatic carbocycles. The van der Waals surface area contributed by atoms with Gasteiger partial charge in [0.05, 0.1) is 0 Å². The summed E-state index contributed by atoms with van der Waals surface area (Å²) in [5, 5.41) is 2.74. The van der Waals surface area contributed by atoms with Gasteiger partial charge in [-0.15, -0.1) is 0 Å². The summed E-state index contributed by atoms with van der Waals surface area (Å²) < 4.78 is 18.2. The number of carbonyl (C=O) groups is 1. The van der Waals surface area contributed by atoms with Crippen molar-refractivity contribution in [3.63, 3.8) is 0 Å². The molecule has 0 fully saturated rings. The molecular formula is C15H14FNO2. The zero-order chi connectivity index (χ0) is 13.7. The quantitative estimate of drug-likeness (QED) is 0.915. The summed E-state index contributed by atoms with van der Waals surface area (Å²) in [6, 6.07) is 14.7. The fourth-order valence-corrected chi connectivity index (χ4v) is 1.54.